The number of ether oxygens (including phenoxy) is 1. The van der Waals surface area contributed by atoms with E-state index in [-0.39, 0.29) is 18.4 Å². The van der Waals surface area contributed by atoms with Crippen LogP contribution in [0.15, 0.2) is 56.1 Å². The van der Waals surface area contributed by atoms with Crippen LogP contribution in [0.2, 0.25) is 0 Å². The van der Waals surface area contributed by atoms with Gasteiger partial charge in [0.2, 0.25) is 15.9 Å². The molecule has 33 heavy (non-hydrogen) atoms. The van der Waals surface area contributed by atoms with Gasteiger partial charge in [-0.05, 0) is 35.9 Å². The lowest BCUT2D eigenvalue weighted by Gasteiger charge is -2.07. The standard InChI is InChI=1S/C23H22N2O7S/c1-13-9-19-21(23(27)31-13)18(12-20(26)25-7-8-33(24,28)29)22(32-19)16-4-3-15-11-17(30-2)6-5-14(15)10-16/h3-6,9-11H,7-8,12H2,1-2H3,(H,25,26)(H2,24,28,29). The number of primary sulfonamides is 1. The predicted octanol–water partition coefficient (Wildman–Crippen LogP) is 2.47. The molecule has 9 nitrogen and oxygen atoms in total. The summed E-state index contributed by atoms with van der Waals surface area (Å²) in [7, 11) is -2.12. The summed E-state index contributed by atoms with van der Waals surface area (Å²) in [5, 5.41) is 9.52. The average molecular weight is 471 g/mol. The van der Waals surface area contributed by atoms with E-state index in [1.54, 1.807) is 20.1 Å². The monoisotopic (exact) mass is 470 g/mol. The summed E-state index contributed by atoms with van der Waals surface area (Å²) in [6.07, 6.45) is -0.207. The van der Waals surface area contributed by atoms with Crippen molar-refractivity contribution in [2.75, 3.05) is 19.4 Å². The van der Waals surface area contributed by atoms with Gasteiger partial charge < -0.3 is 18.9 Å². The second kappa shape index (κ2) is 8.72. The molecule has 0 atom stereocenters. The van der Waals surface area contributed by atoms with Gasteiger partial charge in [0.1, 0.15) is 28.2 Å². The minimum Gasteiger partial charge on any atom is -0.497 e. The number of methoxy groups -OCH3 is 1. The van der Waals surface area contributed by atoms with Gasteiger partial charge in [0.15, 0.2) is 0 Å². The molecule has 10 heteroatoms. The van der Waals surface area contributed by atoms with Gasteiger partial charge in [-0.3, -0.25) is 4.79 Å². The van der Waals surface area contributed by atoms with Crippen molar-refractivity contribution in [2.24, 2.45) is 5.14 Å². The first-order chi connectivity index (χ1) is 15.6. The molecule has 4 aromatic rings. The van der Waals surface area contributed by atoms with E-state index in [0.29, 0.717) is 28.2 Å². The van der Waals surface area contributed by atoms with Crippen LogP contribution >= 0.6 is 0 Å². The fourth-order valence-electron chi connectivity index (χ4n) is 3.67. The van der Waals surface area contributed by atoms with Crippen LogP contribution in [0.3, 0.4) is 0 Å². The van der Waals surface area contributed by atoms with Crippen LogP contribution in [0.4, 0.5) is 0 Å². The number of fused-ring (bicyclic) bond motifs is 2. The van der Waals surface area contributed by atoms with Crippen molar-refractivity contribution in [1.29, 1.82) is 0 Å². The molecule has 3 N–H and O–H groups in total. The number of carbonyl (C=O) groups excluding carboxylic acids is 1. The topological polar surface area (TPSA) is 142 Å². The third kappa shape index (κ3) is 4.91. The molecule has 0 bridgehead atoms. The summed E-state index contributed by atoms with van der Waals surface area (Å²) in [5.41, 5.74) is 0.728. The van der Waals surface area contributed by atoms with Crippen LogP contribution < -0.4 is 20.8 Å². The third-order valence-corrected chi connectivity index (χ3v) is 5.96. The summed E-state index contributed by atoms with van der Waals surface area (Å²) in [6.45, 7) is 1.49. The molecule has 0 unspecified atom stereocenters. The largest absolute Gasteiger partial charge is 0.497 e. The van der Waals surface area contributed by atoms with Gasteiger partial charge in [-0.15, -0.1) is 0 Å². The minimum atomic E-state index is -3.71. The number of nitrogens with one attached hydrogen (secondary N) is 1. The van der Waals surface area contributed by atoms with Gasteiger partial charge in [-0.1, -0.05) is 18.2 Å². The van der Waals surface area contributed by atoms with E-state index in [9.17, 15) is 18.0 Å². The van der Waals surface area contributed by atoms with Crippen LogP contribution in [-0.2, 0) is 21.2 Å². The Labute approximate surface area is 189 Å². The molecular formula is C23H22N2O7S. The Kier molecular flexibility index (Phi) is 5.96. The van der Waals surface area contributed by atoms with E-state index in [4.69, 9.17) is 18.7 Å². The van der Waals surface area contributed by atoms with Crippen molar-refractivity contribution in [3.05, 3.63) is 64.2 Å². The Bertz CT molecular complexity index is 1530. The molecule has 2 heterocycles. The molecule has 0 aliphatic heterocycles. The maximum Gasteiger partial charge on any atom is 0.347 e. The molecular weight excluding hydrogens is 448 g/mol. The van der Waals surface area contributed by atoms with E-state index in [1.807, 2.05) is 36.4 Å². The fourth-order valence-corrected chi connectivity index (χ4v) is 4.06. The van der Waals surface area contributed by atoms with Crippen LogP contribution in [0.5, 0.6) is 5.75 Å². The van der Waals surface area contributed by atoms with Crippen molar-refractivity contribution in [3.63, 3.8) is 0 Å². The SMILES string of the molecule is COc1ccc2cc(-c3oc4cc(C)oc(=O)c4c3CC(=O)NCCS(N)(=O)=O)ccc2c1. The molecule has 0 radical (unpaired) electrons. The van der Waals surface area contributed by atoms with Crippen molar-refractivity contribution in [3.8, 4) is 17.1 Å². The zero-order chi connectivity index (χ0) is 23.8. The molecule has 0 saturated carbocycles. The summed E-state index contributed by atoms with van der Waals surface area (Å²) in [5.74, 6) is 0.592. The number of carbonyl (C=O) groups is 1. The number of hydrogen-bond acceptors (Lipinski definition) is 7. The average Bonchev–Trinajstić information content (AvgIpc) is 3.10. The van der Waals surface area contributed by atoms with Crippen LogP contribution in [0.25, 0.3) is 33.1 Å². The number of nitrogens with two attached hydrogens (primary N) is 1. The maximum atomic E-state index is 12.6. The molecule has 2 aromatic carbocycles. The van der Waals surface area contributed by atoms with Gasteiger partial charge >= 0.3 is 5.63 Å². The Morgan fingerprint density at radius 2 is 1.82 bits per heavy atom. The van der Waals surface area contributed by atoms with E-state index in [1.165, 1.54) is 0 Å². The van der Waals surface area contributed by atoms with Gasteiger partial charge in [-0.2, -0.15) is 0 Å². The molecule has 4 rings (SSSR count). The summed E-state index contributed by atoms with van der Waals surface area (Å²) in [6, 6.07) is 12.8. The summed E-state index contributed by atoms with van der Waals surface area (Å²) >= 11 is 0. The summed E-state index contributed by atoms with van der Waals surface area (Å²) < 4.78 is 38.7. The molecule has 0 aliphatic rings. The van der Waals surface area contributed by atoms with Gasteiger partial charge in [0, 0.05) is 23.7 Å². The number of rotatable bonds is 7. The number of amides is 1. The Morgan fingerprint density at radius 1 is 1.09 bits per heavy atom. The van der Waals surface area contributed by atoms with Gasteiger partial charge in [0.05, 0.1) is 19.3 Å². The van der Waals surface area contributed by atoms with Crippen LogP contribution in [-0.4, -0.2) is 33.7 Å². The first-order valence-corrected chi connectivity index (χ1v) is 11.8. The maximum absolute atomic E-state index is 12.6. The highest BCUT2D eigenvalue weighted by Gasteiger charge is 2.22. The zero-order valence-electron chi connectivity index (χ0n) is 18.0. The van der Waals surface area contributed by atoms with E-state index in [0.717, 1.165) is 16.5 Å². The molecule has 1 amide bonds. The van der Waals surface area contributed by atoms with E-state index < -0.39 is 27.3 Å². The van der Waals surface area contributed by atoms with E-state index in [2.05, 4.69) is 5.32 Å². The first kappa shape index (κ1) is 22.6. The van der Waals surface area contributed by atoms with Crippen molar-refractivity contribution >= 4 is 37.7 Å². The fraction of sp³-hybridized carbons (Fsp3) is 0.217. The lowest BCUT2D eigenvalue weighted by atomic mass is 10.0. The van der Waals surface area contributed by atoms with Crippen molar-refractivity contribution in [2.45, 2.75) is 13.3 Å². The van der Waals surface area contributed by atoms with Gasteiger partial charge in [0.25, 0.3) is 0 Å². The van der Waals surface area contributed by atoms with E-state index >= 15 is 0 Å². The number of sulfonamides is 1. The predicted molar refractivity (Wildman–Crippen MR) is 124 cm³/mol. The number of furan rings is 1. The molecule has 2 aromatic heterocycles. The zero-order valence-corrected chi connectivity index (χ0v) is 18.8. The first-order valence-electron chi connectivity index (χ1n) is 10.1. The molecule has 0 aliphatic carbocycles. The van der Waals surface area contributed by atoms with Crippen molar-refractivity contribution in [1.82, 2.24) is 5.32 Å². The number of hydrogen-bond donors (Lipinski definition) is 2. The normalized spacial score (nSPS) is 11.7. The summed E-state index contributed by atoms with van der Waals surface area (Å²) in [4.78, 5) is 25.2. The number of aryl methyl sites for hydroxylation is 1. The highest BCUT2D eigenvalue weighted by atomic mass is 32.2. The lowest BCUT2D eigenvalue weighted by molar-refractivity contribution is -0.120. The van der Waals surface area contributed by atoms with Crippen molar-refractivity contribution < 1.29 is 26.8 Å². The second-order valence-electron chi connectivity index (χ2n) is 7.62. The van der Waals surface area contributed by atoms with Gasteiger partial charge in [-0.25, -0.2) is 18.4 Å². The minimum absolute atomic E-state index is 0.145. The Balaban J connectivity index is 1.77. The second-order valence-corrected chi connectivity index (χ2v) is 9.35. The molecule has 0 saturated heterocycles. The highest BCUT2D eigenvalue weighted by Crippen LogP contribution is 2.35. The highest BCUT2D eigenvalue weighted by molar-refractivity contribution is 7.89. The molecule has 172 valence electrons. The third-order valence-electron chi connectivity index (χ3n) is 5.18. The quantitative estimate of drug-likeness (QED) is 0.422. The Morgan fingerprint density at radius 3 is 2.55 bits per heavy atom. The van der Waals surface area contributed by atoms with Crippen LogP contribution in [0, 0.1) is 6.92 Å². The lowest BCUT2D eigenvalue weighted by Crippen LogP contribution is -2.32. The Hall–Kier alpha value is -3.63. The number of benzene rings is 2. The van der Waals surface area contributed by atoms with Crippen LogP contribution in [0.1, 0.15) is 11.3 Å². The molecule has 0 spiro atoms. The smallest absolute Gasteiger partial charge is 0.347 e. The molecule has 0 fully saturated rings.